The Bertz CT molecular complexity index is 651. The molecule has 0 saturated carbocycles. The second kappa shape index (κ2) is 5.63. The first kappa shape index (κ1) is 13.7. The summed E-state index contributed by atoms with van der Waals surface area (Å²) >= 11 is 0. The SMILES string of the molecule is Cc1cnn(CC2CCCN2C(=O)c2ccnc(C)n2)c1. The maximum Gasteiger partial charge on any atom is 0.272 e. The van der Waals surface area contributed by atoms with Crippen LogP contribution in [-0.2, 0) is 6.54 Å². The van der Waals surface area contributed by atoms with Crippen molar-refractivity contribution in [2.75, 3.05) is 6.54 Å². The normalized spacial score (nSPS) is 18.2. The first-order chi connectivity index (χ1) is 10.1. The van der Waals surface area contributed by atoms with Gasteiger partial charge in [0.25, 0.3) is 5.91 Å². The minimum atomic E-state index is -0.00752. The summed E-state index contributed by atoms with van der Waals surface area (Å²) in [6, 6.07) is 1.87. The molecule has 0 spiro atoms. The molecule has 1 unspecified atom stereocenters. The lowest BCUT2D eigenvalue weighted by molar-refractivity contribution is 0.0715. The zero-order valence-corrected chi connectivity index (χ0v) is 12.4. The van der Waals surface area contributed by atoms with E-state index in [4.69, 9.17) is 0 Å². The molecular weight excluding hydrogens is 266 g/mol. The highest BCUT2D eigenvalue weighted by molar-refractivity contribution is 5.92. The molecule has 0 aliphatic carbocycles. The molecule has 6 nitrogen and oxygen atoms in total. The molecule has 0 aromatic carbocycles. The van der Waals surface area contributed by atoms with E-state index in [1.54, 1.807) is 19.2 Å². The van der Waals surface area contributed by atoms with E-state index in [9.17, 15) is 4.79 Å². The molecule has 1 saturated heterocycles. The molecule has 0 bridgehead atoms. The smallest absolute Gasteiger partial charge is 0.272 e. The van der Waals surface area contributed by atoms with Gasteiger partial charge >= 0.3 is 0 Å². The minimum absolute atomic E-state index is 0.00752. The molecule has 110 valence electrons. The summed E-state index contributed by atoms with van der Waals surface area (Å²) in [4.78, 5) is 22.8. The number of nitrogens with zero attached hydrogens (tertiary/aromatic N) is 5. The van der Waals surface area contributed by atoms with Gasteiger partial charge in [-0.25, -0.2) is 9.97 Å². The van der Waals surface area contributed by atoms with Crippen LogP contribution in [0, 0.1) is 13.8 Å². The third-order valence-electron chi connectivity index (χ3n) is 3.79. The summed E-state index contributed by atoms with van der Waals surface area (Å²) in [7, 11) is 0. The predicted octanol–water partition coefficient (Wildman–Crippen LogP) is 1.59. The Morgan fingerprint density at radius 1 is 1.43 bits per heavy atom. The van der Waals surface area contributed by atoms with E-state index in [1.165, 1.54) is 0 Å². The summed E-state index contributed by atoms with van der Waals surface area (Å²) in [6.07, 6.45) is 7.53. The van der Waals surface area contributed by atoms with Crippen LogP contribution in [0.3, 0.4) is 0 Å². The van der Waals surface area contributed by atoms with Crippen molar-refractivity contribution in [3.8, 4) is 0 Å². The molecule has 1 aliphatic heterocycles. The van der Waals surface area contributed by atoms with Gasteiger partial charge in [0.05, 0.1) is 18.8 Å². The molecule has 3 rings (SSSR count). The van der Waals surface area contributed by atoms with Crippen LogP contribution >= 0.6 is 0 Å². The lowest BCUT2D eigenvalue weighted by Crippen LogP contribution is -2.38. The number of amides is 1. The highest BCUT2D eigenvalue weighted by atomic mass is 16.2. The van der Waals surface area contributed by atoms with Crippen LogP contribution in [0.1, 0.15) is 34.7 Å². The molecule has 0 N–H and O–H groups in total. The summed E-state index contributed by atoms with van der Waals surface area (Å²) < 4.78 is 1.91. The maximum atomic E-state index is 12.6. The Morgan fingerprint density at radius 2 is 2.29 bits per heavy atom. The zero-order chi connectivity index (χ0) is 14.8. The van der Waals surface area contributed by atoms with Crippen LogP contribution in [0.5, 0.6) is 0 Å². The summed E-state index contributed by atoms with van der Waals surface area (Å²) in [5.74, 6) is 0.617. The van der Waals surface area contributed by atoms with E-state index in [0.717, 1.165) is 31.5 Å². The largest absolute Gasteiger partial charge is 0.332 e. The predicted molar refractivity (Wildman–Crippen MR) is 77.8 cm³/mol. The maximum absolute atomic E-state index is 12.6. The molecule has 2 aromatic rings. The summed E-state index contributed by atoms with van der Waals surface area (Å²) in [5, 5.41) is 4.31. The molecule has 6 heteroatoms. The van der Waals surface area contributed by atoms with Crippen molar-refractivity contribution in [2.45, 2.75) is 39.3 Å². The molecule has 21 heavy (non-hydrogen) atoms. The second-order valence-corrected chi connectivity index (χ2v) is 5.52. The molecule has 1 atom stereocenters. The monoisotopic (exact) mass is 285 g/mol. The first-order valence-electron chi connectivity index (χ1n) is 7.23. The van der Waals surface area contributed by atoms with Gasteiger partial charge in [0.15, 0.2) is 0 Å². The van der Waals surface area contributed by atoms with Crippen molar-refractivity contribution in [2.24, 2.45) is 0 Å². The van der Waals surface area contributed by atoms with Crippen molar-refractivity contribution >= 4 is 5.91 Å². The van der Waals surface area contributed by atoms with Crippen molar-refractivity contribution in [3.63, 3.8) is 0 Å². The van der Waals surface area contributed by atoms with Gasteiger partial charge in [0.2, 0.25) is 0 Å². The van der Waals surface area contributed by atoms with E-state index in [-0.39, 0.29) is 11.9 Å². The molecule has 3 heterocycles. The van der Waals surface area contributed by atoms with Crippen molar-refractivity contribution in [1.29, 1.82) is 0 Å². The highest BCUT2D eigenvalue weighted by Crippen LogP contribution is 2.21. The van der Waals surface area contributed by atoms with Gasteiger partial charge in [-0.15, -0.1) is 0 Å². The van der Waals surface area contributed by atoms with Crippen LogP contribution < -0.4 is 0 Å². The fraction of sp³-hybridized carbons (Fsp3) is 0.467. The highest BCUT2D eigenvalue weighted by Gasteiger charge is 2.30. The zero-order valence-electron chi connectivity index (χ0n) is 12.4. The number of carbonyl (C=O) groups is 1. The van der Waals surface area contributed by atoms with Gasteiger partial charge in [0, 0.05) is 18.9 Å². The number of likely N-dealkylation sites (tertiary alicyclic amines) is 1. The lowest BCUT2D eigenvalue weighted by Gasteiger charge is -2.24. The molecular formula is C15H19N5O. The fourth-order valence-corrected chi connectivity index (χ4v) is 2.80. The molecule has 1 amide bonds. The second-order valence-electron chi connectivity index (χ2n) is 5.52. The van der Waals surface area contributed by atoms with Gasteiger partial charge in [-0.05, 0) is 38.3 Å². The number of carbonyl (C=O) groups excluding carboxylic acids is 1. The van der Waals surface area contributed by atoms with Crippen LogP contribution in [0.2, 0.25) is 0 Å². The number of hydrogen-bond donors (Lipinski definition) is 0. The van der Waals surface area contributed by atoms with Gasteiger partial charge in [-0.3, -0.25) is 9.48 Å². The third kappa shape index (κ3) is 2.94. The van der Waals surface area contributed by atoms with Gasteiger partial charge in [-0.2, -0.15) is 5.10 Å². The Morgan fingerprint density at radius 3 is 3.00 bits per heavy atom. The van der Waals surface area contributed by atoms with Crippen molar-refractivity contribution < 1.29 is 4.79 Å². The van der Waals surface area contributed by atoms with Gasteiger partial charge in [0.1, 0.15) is 11.5 Å². The molecule has 0 radical (unpaired) electrons. The van der Waals surface area contributed by atoms with Crippen LogP contribution in [0.4, 0.5) is 0 Å². The number of aryl methyl sites for hydroxylation is 2. The van der Waals surface area contributed by atoms with E-state index in [0.29, 0.717) is 11.5 Å². The van der Waals surface area contributed by atoms with Gasteiger partial charge in [-0.1, -0.05) is 0 Å². The number of hydrogen-bond acceptors (Lipinski definition) is 4. The van der Waals surface area contributed by atoms with E-state index >= 15 is 0 Å². The standard InChI is InChI=1S/C15H19N5O/c1-11-8-17-19(9-11)10-13-4-3-7-20(13)15(21)14-5-6-16-12(2)18-14/h5-6,8-9,13H,3-4,7,10H2,1-2H3. The molecule has 1 aliphatic rings. The Kier molecular flexibility index (Phi) is 3.68. The summed E-state index contributed by atoms with van der Waals surface area (Å²) in [6.45, 7) is 5.34. The van der Waals surface area contributed by atoms with Crippen LogP contribution in [-0.4, -0.2) is 43.1 Å². The third-order valence-corrected chi connectivity index (χ3v) is 3.79. The van der Waals surface area contributed by atoms with Gasteiger partial charge < -0.3 is 4.90 Å². The average Bonchev–Trinajstić information content (AvgIpc) is 3.08. The number of aromatic nitrogens is 4. The number of rotatable bonds is 3. The van der Waals surface area contributed by atoms with E-state index in [1.807, 2.05) is 28.9 Å². The van der Waals surface area contributed by atoms with Crippen molar-refractivity contribution in [3.05, 3.63) is 41.7 Å². The fourth-order valence-electron chi connectivity index (χ4n) is 2.80. The topological polar surface area (TPSA) is 63.9 Å². The van der Waals surface area contributed by atoms with Crippen molar-refractivity contribution in [1.82, 2.24) is 24.6 Å². The Balaban J connectivity index is 1.75. The Hall–Kier alpha value is -2.24. The quantitative estimate of drug-likeness (QED) is 0.859. The lowest BCUT2D eigenvalue weighted by atomic mass is 10.2. The minimum Gasteiger partial charge on any atom is -0.332 e. The van der Waals surface area contributed by atoms with Crippen LogP contribution in [0.15, 0.2) is 24.7 Å². The molecule has 2 aromatic heterocycles. The Labute approximate surface area is 123 Å². The average molecular weight is 285 g/mol. The van der Waals surface area contributed by atoms with E-state index in [2.05, 4.69) is 15.1 Å². The summed E-state index contributed by atoms with van der Waals surface area (Å²) in [5.41, 5.74) is 1.61. The van der Waals surface area contributed by atoms with Crippen LogP contribution in [0.25, 0.3) is 0 Å². The first-order valence-corrected chi connectivity index (χ1v) is 7.23. The molecule has 1 fully saturated rings. The van der Waals surface area contributed by atoms with E-state index < -0.39 is 0 Å².